The molecule has 2 aromatic rings. The molecular formula is C20H23NO. The van der Waals surface area contributed by atoms with E-state index in [0.717, 1.165) is 18.5 Å². The summed E-state index contributed by atoms with van der Waals surface area (Å²) in [6, 6.07) is 17.5. The lowest BCUT2D eigenvalue weighted by molar-refractivity contribution is 0.0980. The minimum absolute atomic E-state index is 0.000382. The van der Waals surface area contributed by atoms with Gasteiger partial charge in [0.1, 0.15) is 0 Å². The van der Waals surface area contributed by atoms with Crippen molar-refractivity contribution in [1.29, 1.82) is 0 Å². The molecule has 114 valence electrons. The van der Waals surface area contributed by atoms with E-state index >= 15 is 0 Å². The average molecular weight is 293 g/mol. The van der Waals surface area contributed by atoms with Gasteiger partial charge in [-0.1, -0.05) is 55.3 Å². The van der Waals surface area contributed by atoms with Crippen molar-refractivity contribution in [3.05, 3.63) is 78.4 Å². The van der Waals surface area contributed by atoms with Gasteiger partial charge < -0.3 is 4.90 Å². The van der Waals surface area contributed by atoms with Gasteiger partial charge in [0.25, 0.3) is 5.91 Å². The molecule has 2 nitrogen and oxygen atoms in total. The number of amides is 1. The molecule has 22 heavy (non-hydrogen) atoms. The normalized spacial score (nSPS) is 11.7. The largest absolute Gasteiger partial charge is 0.302 e. The van der Waals surface area contributed by atoms with E-state index in [4.69, 9.17) is 0 Å². The first-order valence-corrected chi connectivity index (χ1v) is 7.75. The Morgan fingerprint density at radius 1 is 1.14 bits per heavy atom. The molecule has 0 fully saturated rings. The third kappa shape index (κ3) is 3.64. The van der Waals surface area contributed by atoms with Crippen LogP contribution in [0.5, 0.6) is 0 Å². The van der Waals surface area contributed by atoms with E-state index in [1.54, 1.807) is 0 Å². The molecule has 0 radical (unpaired) electrons. The number of nitrogens with zero attached hydrogens (tertiary/aromatic N) is 1. The van der Waals surface area contributed by atoms with Crippen LogP contribution in [0, 0.1) is 6.92 Å². The van der Waals surface area contributed by atoms with E-state index in [0.29, 0.717) is 5.56 Å². The predicted octanol–water partition coefficient (Wildman–Crippen LogP) is 5.00. The summed E-state index contributed by atoms with van der Waals surface area (Å²) in [7, 11) is 0. The highest BCUT2D eigenvalue weighted by atomic mass is 16.2. The molecule has 2 heteroatoms. The number of rotatable bonds is 6. The van der Waals surface area contributed by atoms with Gasteiger partial charge in [0, 0.05) is 11.3 Å². The molecule has 0 N–H and O–H groups in total. The summed E-state index contributed by atoms with van der Waals surface area (Å²) in [5.41, 5.74) is 2.80. The van der Waals surface area contributed by atoms with E-state index in [1.165, 1.54) is 5.56 Å². The zero-order valence-corrected chi connectivity index (χ0v) is 13.3. The number of hydrogen-bond donors (Lipinski definition) is 0. The van der Waals surface area contributed by atoms with E-state index in [2.05, 4.69) is 13.5 Å². The Morgan fingerprint density at radius 3 is 2.32 bits per heavy atom. The maximum atomic E-state index is 13.0. The van der Waals surface area contributed by atoms with Crippen molar-refractivity contribution in [2.45, 2.75) is 32.7 Å². The van der Waals surface area contributed by atoms with Crippen molar-refractivity contribution in [3.8, 4) is 0 Å². The summed E-state index contributed by atoms with van der Waals surface area (Å²) < 4.78 is 0. The highest BCUT2D eigenvalue weighted by molar-refractivity contribution is 6.06. The second-order valence-corrected chi connectivity index (χ2v) is 5.47. The van der Waals surface area contributed by atoms with Crippen molar-refractivity contribution in [2.24, 2.45) is 0 Å². The van der Waals surface area contributed by atoms with Crippen LogP contribution in [-0.4, -0.2) is 11.9 Å². The number of carbonyl (C=O) groups excluding carboxylic acids is 1. The highest BCUT2D eigenvalue weighted by Crippen LogP contribution is 2.23. The summed E-state index contributed by atoms with van der Waals surface area (Å²) in [4.78, 5) is 14.8. The quantitative estimate of drug-likeness (QED) is 0.687. The maximum Gasteiger partial charge on any atom is 0.258 e. The number of aryl methyl sites for hydroxylation is 1. The fraction of sp³-hybridized carbons (Fsp3) is 0.250. The first kappa shape index (κ1) is 16.0. The van der Waals surface area contributed by atoms with E-state index < -0.39 is 0 Å². The van der Waals surface area contributed by atoms with Crippen LogP contribution in [0.1, 0.15) is 35.7 Å². The molecule has 0 unspecified atom stereocenters. The molecule has 0 heterocycles. The Kier molecular flexibility index (Phi) is 5.54. The number of benzene rings is 2. The van der Waals surface area contributed by atoms with Crippen LogP contribution in [0.4, 0.5) is 5.69 Å². The van der Waals surface area contributed by atoms with Gasteiger partial charge in [0.05, 0.1) is 6.04 Å². The van der Waals surface area contributed by atoms with Crippen LogP contribution in [0.15, 0.2) is 67.3 Å². The second-order valence-electron chi connectivity index (χ2n) is 5.47. The van der Waals surface area contributed by atoms with E-state index in [9.17, 15) is 4.79 Å². The Bertz CT molecular complexity index is 616. The number of carbonyl (C=O) groups is 1. The Morgan fingerprint density at radius 2 is 1.77 bits per heavy atom. The Hall–Kier alpha value is -2.35. The van der Waals surface area contributed by atoms with Crippen molar-refractivity contribution in [1.82, 2.24) is 0 Å². The fourth-order valence-corrected chi connectivity index (χ4v) is 2.53. The molecule has 0 aliphatic carbocycles. The fourth-order valence-electron chi connectivity index (χ4n) is 2.53. The smallest absolute Gasteiger partial charge is 0.258 e. The van der Waals surface area contributed by atoms with Gasteiger partial charge in [-0.15, -0.1) is 6.58 Å². The summed E-state index contributed by atoms with van der Waals surface area (Å²) in [6.07, 6.45) is 3.77. The average Bonchev–Trinajstić information content (AvgIpc) is 2.56. The lowest BCUT2D eigenvalue weighted by Gasteiger charge is -2.30. The third-order valence-electron chi connectivity index (χ3n) is 3.74. The summed E-state index contributed by atoms with van der Waals surface area (Å²) in [5.74, 6) is 0.0165. The molecule has 0 aromatic heterocycles. The summed E-state index contributed by atoms with van der Waals surface area (Å²) in [5, 5.41) is 0. The van der Waals surface area contributed by atoms with Gasteiger partial charge in [0.15, 0.2) is 0 Å². The van der Waals surface area contributed by atoms with Crippen molar-refractivity contribution in [2.75, 3.05) is 4.90 Å². The highest BCUT2D eigenvalue weighted by Gasteiger charge is 2.23. The SMILES string of the molecule is C=C[C@@H](CCC)N(C(=O)c1ccccc1)c1ccc(C)cc1. The lowest BCUT2D eigenvalue weighted by atomic mass is 10.1. The van der Waals surface area contributed by atoms with Gasteiger partial charge in [-0.05, 0) is 37.6 Å². The first-order chi connectivity index (χ1) is 10.7. The van der Waals surface area contributed by atoms with Gasteiger partial charge >= 0.3 is 0 Å². The first-order valence-electron chi connectivity index (χ1n) is 7.75. The molecule has 1 amide bonds. The Labute approximate surface area is 133 Å². The van der Waals surface area contributed by atoms with Crippen LogP contribution < -0.4 is 4.90 Å². The molecule has 0 saturated heterocycles. The van der Waals surface area contributed by atoms with Crippen LogP contribution in [0.3, 0.4) is 0 Å². The van der Waals surface area contributed by atoms with E-state index in [1.807, 2.05) is 72.5 Å². The van der Waals surface area contributed by atoms with E-state index in [-0.39, 0.29) is 11.9 Å². The number of hydrogen-bond acceptors (Lipinski definition) is 1. The lowest BCUT2D eigenvalue weighted by Crippen LogP contribution is -2.39. The predicted molar refractivity (Wildman–Crippen MR) is 93.3 cm³/mol. The van der Waals surface area contributed by atoms with Gasteiger partial charge in [-0.3, -0.25) is 4.79 Å². The van der Waals surface area contributed by atoms with Gasteiger partial charge in [0.2, 0.25) is 0 Å². The molecule has 2 aromatic carbocycles. The molecule has 1 atom stereocenters. The van der Waals surface area contributed by atoms with Crippen LogP contribution >= 0.6 is 0 Å². The summed E-state index contributed by atoms with van der Waals surface area (Å²) in [6.45, 7) is 8.09. The molecule has 0 aliphatic rings. The minimum Gasteiger partial charge on any atom is -0.302 e. The topological polar surface area (TPSA) is 20.3 Å². The monoisotopic (exact) mass is 293 g/mol. The molecule has 0 bridgehead atoms. The van der Waals surface area contributed by atoms with Gasteiger partial charge in [-0.2, -0.15) is 0 Å². The van der Waals surface area contributed by atoms with Gasteiger partial charge in [-0.25, -0.2) is 0 Å². The summed E-state index contributed by atoms with van der Waals surface area (Å²) >= 11 is 0. The zero-order valence-electron chi connectivity index (χ0n) is 13.3. The van der Waals surface area contributed by atoms with Crippen molar-refractivity contribution < 1.29 is 4.79 Å². The molecular weight excluding hydrogens is 270 g/mol. The third-order valence-corrected chi connectivity index (χ3v) is 3.74. The molecule has 2 rings (SSSR count). The van der Waals surface area contributed by atoms with Crippen LogP contribution in [0.25, 0.3) is 0 Å². The molecule has 0 spiro atoms. The zero-order chi connectivity index (χ0) is 15.9. The van der Waals surface area contributed by atoms with Crippen molar-refractivity contribution >= 4 is 11.6 Å². The maximum absolute atomic E-state index is 13.0. The standard InChI is InChI=1S/C20H23NO/c1-4-9-18(5-2)21(19-14-12-16(3)13-15-19)20(22)17-10-7-6-8-11-17/h5-8,10-15,18H,2,4,9H2,1,3H3/t18-/m0/s1. The van der Waals surface area contributed by atoms with Crippen molar-refractivity contribution in [3.63, 3.8) is 0 Å². The minimum atomic E-state index is 0.000382. The second kappa shape index (κ2) is 7.60. The van der Waals surface area contributed by atoms with Crippen LogP contribution in [-0.2, 0) is 0 Å². The molecule has 0 saturated carbocycles. The Balaban J connectivity index is 2.42. The number of anilines is 1. The molecule has 0 aliphatic heterocycles. The van der Waals surface area contributed by atoms with Crippen LogP contribution in [0.2, 0.25) is 0 Å².